The Kier molecular flexibility index (Phi) is 5.91. The highest BCUT2D eigenvalue weighted by molar-refractivity contribution is 5.75. The molecule has 0 saturated carbocycles. The Morgan fingerprint density at radius 2 is 1.89 bits per heavy atom. The third kappa shape index (κ3) is 4.54. The number of fused-ring (bicyclic) bond motifs is 1. The van der Waals surface area contributed by atoms with Crippen LogP contribution in [0.5, 0.6) is 11.5 Å². The molecule has 0 saturated heterocycles. The topological polar surface area (TPSA) is 39.5 Å². The number of halogens is 2. The first-order valence-electron chi connectivity index (χ1n) is 8.77. The minimum atomic E-state index is -2.88. The van der Waals surface area contributed by atoms with Crippen molar-refractivity contribution >= 4 is 11.0 Å². The summed E-state index contributed by atoms with van der Waals surface area (Å²) in [6, 6.07) is 13.0. The van der Waals surface area contributed by atoms with Gasteiger partial charge in [0.15, 0.2) is 11.5 Å². The van der Waals surface area contributed by atoms with Crippen LogP contribution in [-0.2, 0) is 20.1 Å². The van der Waals surface area contributed by atoms with Crippen LogP contribution in [0.3, 0.4) is 0 Å². The van der Waals surface area contributed by atoms with Gasteiger partial charge < -0.3 is 14.0 Å². The summed E-state index contributed by atoms with van der Waals surface area (Å²) in [6.07, 6.45) is 0. The van der Waals surface area contributed by atoms with Gasteiger partial charge in [-0.15, -0.1) is 0 Å². The van der Waals surface area contributed by atoms with Gasteiger partial charge in [0.1, 0.15) is 5.82 Å². The number of aryl methyl sites for hydroxylation is 1. The van der Waals surface area contributed by atoms with Crippen LogP contribution in [0.4, 0.5) is 8.78 Å². The summed E-state index contributed by atoms with van der Waals surface area (Å²) < 4.78 is 37.1. The lowest BCUT2D eigenvalue weighted by Crippen LogP contribution is -2.19. The standard InChI is InChI=1S/C20H23F2N3O2/c1-4-26-18-11-14(9-10-17(18)27-20(21)22)12-24(2)13-19-23-15-7-5-6-8-16(15)25(19)3/h5-11,20H,4,12-13H2,1-3H3. The fourth-order valence-electron chi connectivity index (χ4n) is 3.06. The van der Waals surface area contributed by atoms with Crippen LogP contribution in [0.25, 0.3) is 11.0 Å². The Labute approximate surface area is 157 Å². The maximum atomic E-state index is 12.5. The molecule has 0 atom stereocenters. The lowest BCUT2D eigenvalue weighted by molar-refractivity contribution is -0.0514. The second-order valence-corrected chi connectivity index (χ2v) is 6.34. The fourth-order valence-corrected chi connectivity index (χ4v) is 3.06. The fraction of sp³-hybridized carbons (Fsp3) is 0.350. The number of alkyl halides is 2. The lowest BCUT2D eigenvalue weighted by Gasteiger charge is -2.18. The zero-order chi connectivity index (χ0) is 19.4. The Hall–Kier alpha value is -2.67. The van der Waals surface area contributed by atoms with E-state index in [1.54, 1.807) is 19.1 Å². The molecule has 1 heterocycles. The van der Waals surface area contributed by atoms with E-state index in [0.29, 0.717) is 25.4 Å². The average molecular weight is 375 g/mol. The molecule has 144 valence electrons. The molecule has 0 amide bonds. The molecular weight excluding hydrogens is 352 g/mol. The van der Waals surface area contributed by atoms with Crippen molar-refractivity contribution in [1.29, 1.82) is 0 Å². The van der Waals surface area contributed by atoms with E-state index in [4.69, 9.17) is 4.74 Å². The van der Waals surface area contributed by atoms with Crippen molar-refractivity contribution in [3.63, 3.8) is 0 Å². The molecule has 0 bridgehead atoms. The molecule has 5 nitrogen and oxygen atoms in total. The van der Waals surface area contributed by atoms with E-state index in [1.165, 1.54) is 6.07 Å². The number of imidazole rings is 1. The van der Waals surface area contributed by atoms with Gasteiger partial charge in [-0.25, -0.2) is 4.98 Å². The summed E-state index contributed by atoms with van der Waals surface area (Å²) in [5.74, 6) is 1.33. The first-order chi connectivity index (χ1) is 13.0. The molecule has 0 aliphatic carbocycles. The quantitative estimate of drug-likeness (QED) is 0.591. The summed E-state index contributed by atoms with van der Waals surface area (Å²) in [4.78, 5) is 6.79. The third-order valence-electron chi connectivity index (χ3n) is 4.27. The van der Waals surface area contributed by atoms with Crippen molar-refractivity contribution in [3.05, 3.63) is 53.9 Å². The van der Waals surface area contributed by atoms with Crippen LogP contribution in [-0.4, -0.2) is 34.7 Å². The van der Waals surface area contributed by atoms with Crippen LogP contribution in [0, 0.1) is 0 Å². The number of ether oxygens (including phenoxy) is 2. The summed E-state index contributed by atoms with van der Waals surface area (Å²) in [7, 11) is 3.99. The lowest BCUT2D eigenvalue weighted by atomic mass is 10.2. The van der Waals surface area contributed by atoms with Crippen molar-refractivity contribution in [2.24, 2.45) is 7.05 Å². The van der Waals surface area contributed by atoms with Crippen LogP contribution in [0.2, 0.25) is 0 Å². The van der Waals surface area contributed by atoms with Crippen LogP contribution >= 0.6 is 0 Å². The summed E-state index contributed by atoms with van der Waals surface area (Å²) in [6.45, 7) is 0.577. The normalized spacial score (nSPS) is 11.5. The smallest absolute Gasteiger partial charge is 0.387 e. The van der Waals surface area contributed by atoms with Crippen molar-refractivity contribution in [3.8, 4) is 11.5 Å². The van der Waals surface area contributed by atoms with E-state index in [-0.39, 0.29) is 5.75 Å². The number of para-hydroxylation sites is 2. The summed E-state index contributed by atoms with van der Waals surface area (Å²) in [5, 5.41) is 0. The van der Waals surface area contributed by atoms with E-state index >= 15 is 0 Å². The predicted molar refractivity (Wildman–Crippen MR) is 100 cm³/mol. The highest BCUT2D eigenvalue weighted by Crippen LogP contribution is 2.30. The zero-order valence-corrected chi connectivity index (χ0v) is 15.7. The number of aromatic nitrogens is 2. The second kappa shape index (κ2) is 8.35. The molecule has 2 aromatic carbocycles. The molecule has 3 aromatic rings. The SMILES string of the molecule is CCOc1cc(CN(C)Cc2nc3ccccc3n2C)ccc1OC(F)F. The minimum Gasteiger partial charge on any atom is -0.490 e. The van der Waals surface area contributed by atoms with E-state index < -0.39 is 6.61 Å². The molecule has 0 radical (unpaired) electrons. The molecule has 3 rings (SSSR count). The van der Waals surface area contributed by atoms with Crippen LogP contribution < -0.4 is 9.47 Å². The molecule has 0 unspecified atom stereocenters. The van der Waals surface area contributed by atoms with E-state index in [1.807, 2.05) is 38.4 Å². The van der Waals surface area contributed by atoms with Crippen molar-refractivity contribution in [2.75, 3.05) is 13.7 Å². The van der Waals surface area contributed by atoms with Gasteiger partial charge in [0.2, 0.25) is 0 Å². The van der Waals surface area contributed by atoms with E-state index in [9.17, 15) is 8.78 Å². The first-order valence-corrected chi connectivity index (χ1v) is 8.77. The first kappa shape index (κ1) is 19.1. The van der Waals surface area contributed by atoms with Crippen LogP contribution in [0.15, 0.2) is 42.5 Å². The molecule has 0 spiro atoms. The minimum absolute atomic E-state index is 0.0496. The Morgan fingerprint density at radius 3 is 2.59 bits per heavy atom. The highest BCUT2D eigenvalue weighted by Gasteiger charge is 2.14. The summed E-state index contributed by atoms with van der Waals surface area (Å²) >= 11 is 0. The molecule has 7 heteroatoms. The van der Waals surface area contributed by atoms with Gasteiger partial charge in [-0.05, 0) is 43.8 Å². The van der Waals surface area contributed by atoms with Gasteiger partial charge in [-0.1, -0.05) is 18.2 Å². The number of benzene rings is 2. The van der Waals surface area contributed by atoms with Crippen molar-refractivity contribution in [1.82, 2.24) is 14.5 Å². The largest absolute Gasteiger partial charge is 0.490 e. The molecule has 0 aliphatic rings. The number of hydrogen-bond acceptors (Lipinski definition) is 4. The highest BCUT2D eigenvalue weighted by atomic mass is 19.3. The van der Waals surface area contributed by atoms with E-state index in [0.717, 1.165) is 22.4 Å². The van der Waals surface area contributed by atoms with Gasteiger partial charge in [0.25, 0.3) is 0 Å². The second-order valence-electron chi connectivity index (χ2n) is 6.34. The Morgan fingerprint density at radius 1 is 1.11 bits per heavy atom. The molecular formula is C20H23F2N3O2. The maximum absolute atomic E-state index is 12.5. The van der Waals surface area contributed by atoms with E-state index in [2.05, 4.69) is 19.2 Å². The predicted octanol–water partition coefficient (Wildman–Crippen LogP) is 4.21. The number of hydrogen-bond donors (Lipinski definition) is 0. The average Bonchev–Trinajstić information content (AvgIpc) is 2.93. The maximum Gasteiger partial charge on any atom is 0.387 e. The molecule has 0 N–H and O–H groups in total. The monoisotopic (exact) mass is 375 g/mol. The third-order valence-corrected chi connectivity index (χ3v) is 4.27. The van der Waals surface area contributed by atoms with Gasteiger partial charge in [-0.2, -0.15) is 8.78 Å². The van der Waals surface area contributed by atoms with Gasteiger partial charge >= 0.3 is 6.61 Å². The molecule has 0 fully saturated rings. The summed E-state index contributed by atoms with van der Waals surface area (Å²) in [5.41, 5.74) is 3.00. The Balaban J connectivity index is 1.73. The molecule has 0 aliphatic heterocycles. The van der Waals surface area contributed by atoms with Crippen molar-refractivity contribution < 1.29 is 18.3 Å². The molecule has 1 aromatic heterocycles. The van der Waals surface area contributed by atoms with Gasteiger partial charge in [-0.3, -0.25) is 4.90 Å². The van der Waals surface area contributed by atoms with Crippen LogP contribution in [0.1, 0.15) is 18.3 Å². The van der Waals surface area contributed by atoms with Crippen molar-refractivity contribution in [2.45, 2.75) is 26.6 Å². The number of nitrogens with zero attached hydrogens (tertiary/aromatic N) is 3. The van der Waals surface area contributed by atoms with Gasteiger partial charge in [0.05, 0.1) is 24.2 Å². The van der Waals surface area contributed by atoms with Gasteiger partial charge in [0, 0.05) is 13.6 Å². The zero-order valence-electron chi connectivity index (χ0n) is 15.7. The Bertz CT molecular complexity index is 911. The number of rotatable bonds is 8. The molecule has 27 heavy (non-hydrogen) atoms.